The maximum atomic E-state index is 12.2. The van der Waals surface area contributed by atoms with E-state index >= 15 is 0 Å². The van der Waals surface area contributed by atoms with E-state index in [2.05, 4.69) is 5.32 Å². The summed E-state index contributed by atoms with van der Waals surface area (Å²) in [7, 11) is -2.28. The summed E-state index contributed by atoms with van der Waals surface area (Å²) in [6.45, 7) is 0.236. The van der Waals surface area contributed by atoms with E-state index in [-0.39, 0.29) is 23.6 Å². The molecule has 0 spiro atoms. The molecule has 96 valence electrons. The Kier molecular flexibility index (Phi) is 3.78. The van der Waals surface area contributed by atoms with Gasteiger partial charge in [0.05, 0.1) is 23.0 Å². The second-order valence-corrected chi connectivity index (χ2v) is 5.07. The van der Waals surface area contributed by atoms with Crippen LogP contribution in [0.2, 0.25) is 0 Å². The smallest absolute Gasteiger partial charge is 0.215 e. The van der Waals surface area contributed by atoms with Crippen LogP contribution in [0.3, 0.4) is 0 Å². The normalized spacial score (nSPS) is 14.1. The first-order valence-electron chi connectivity index (χ1n) is 5.53. The molecule has 0 radical (unpaired) electrons. The average Bonchev–Trinajstić information content (AvgIpc) is 2.46. The Bertz CT molecular complexity index is 714. The highest BCUT2D eigenvalue weighted by atomic mass is 32.2. The van der Waals surface area contributed by atoms with Gasteiger partial charge >= 0.3 is 0 Å². The molecule has 0 saturated heterocycles. The van der Waals surface area contributed by atoms with Crippen LogP contribution in [0.1, 0.15) is 22.3 Å². The molecule has 1 N–H and O–H groups in total. The third-order valence-corrected chi connectivity index (χ3v) is 3.53. The summed E-state index contributed by atoms with van der Waals surface area (Å²) in [5, 5.41) is 11.5. The molecule has 0 bridgehead atoms. The van der Waals surface area contributed by atoms with Gasteiger partial charge in [0.25, 0.3) is 0 Å². The third-order valence-electron chi connectivity index (χ3n) is 2.77. The summed E-state index contributed by atoms with van der Waals surface area (Å²) < 4.78 is 21.8. The van der Waals surface area contributed by atoms with Crippen molar-refractivity contribution in [2.45, 2.75) is 6.42 Å². The second kappa shape index (κ2) is 5.50. The van der Waals surface area contributed by atoms with Gasteiger partial charge in [0, 0.05) is 23.8 Å². The average molecular weight is 274 g/mol. The molecule has 0 aliphatic carbocycles. The molecule has 6 heteroatoms. The van der Waals surface area contributed by atoms with E-state index in [4.69, 9.17) is 5.26 Å². The highest BCUT2D eigenvalue weighted by Crippen LogP contribution is 2.14. The molecule has 1 aliphatic rings. The molecule has 19 heavy (non-hydrogen) atoms. The van der Waals surface area contributed by atoms with Crippen LogP contribution in [-0.2, 0) is 10.3 Å². The zero-order chi connectivity index (χ0) is 13.8. The lowest BCUT2D eigenvalue weighted by Crippen LogP contribution is -2.27. The molecule has 5 nitrogen and oxygen atoms in total. The van der Waals surface area contributed by atoms with Crippen LogP contribution in [-0.4, -0.2) is 25.6 Å². The number of ketones is 1. The van der Waals surface area contributed by atoms with E-state index in [9.17, 15) is 13.2 Å². The Morgan fingerprint density at radius 2 is 1.95 bits per heavy atom. The highest BCUT2D eigenvalue weighted by molar-refractivity contribution is 7.73. The van der Waals surface area contributed by atoms with Crippen molar-refractivity contribution in [2.75, 3.05) is 6.54 Å². The third kappa shape index (κ3) is 2.89. The van der Waals surface area contributed by atoms with Gasteiger partial charge in [0.1, 0.15) is 0 Å². The zero-order valence-corrected chi connectivity index (χ0v) is 10.7. The molecule has 1 aromatic rings. The van der Waals surface area contributed by atoms with Gasteiger partial charge in [-0.3, -0.25) is 4.79 Å². The van der Waals surface area contributed by atoms with Gasteiger partial charge in [-0.15, -0.1) is 0 Å². The Balaban J connectivity index is 2.27. The Hall–Kier alpha value is -2.39. The van der Waals surface area contributed by atoms with Crippen molar-refractivity contribution < 1.29 is 13.2 Å². The fraction of sp³-hybridized carbons (Fsp3) is 0.154. The predicted molar refractivity (Wildman–Crippen MR) is 70.1 cm³/mol. The molecule has 0 aromatic heterocycles. The van der Waals surface area contributed by atoms with Gasteiger partial charge in [0.15, 0.2) is 5.78 Å². The molecule has 0 unspecified atom stereocenters. The SMILES string of the molecule is N#Cc1ccc(C(=O)C2=CNCC(=S(=O)=O)C2)cc1. The first-order chi connectivity index (χ1) is 9.11. The lowest BCUT2D eigenvalue weighted by Gasteiger charge is -2.13. The predicted octanol–water partition coefficient (Wildman–Crippen LogP) is 0.670. The lowest BCUT2D eigenvalue weighted by molar-refractivity contribution is 0.103. The Morgan fingerprint density at radius 3 is 2.53 bits per heavy atom. The minimum atomic E-state index is -2.28. The fourth-order valence-electron chi connectivity index (χ4n) is 1.76. The van der Waals surface area contributed by atoms with E-state index < -0.39 is 10.3 Å². The van der Waals surface area contributed by atoms with Crippen molar-refractivity contribution in [2.24, 2.45) is 0 Å². The number of hydrogen-bond acceptors (Lipinski definition) is 5. The van der Waals surface area contributed by atoms with Gasteiger partial charge in [0.2, 0.25) is 10.3 Å². The van der Waals surface area contributed by atoms with Gasteiger partial charge in [-0.2, -0.15) is 13.7 Å². The summed E-state index contributed by atoms with van der Waals surface area (Å²) in [4.78, 5) is 12.4. The minimum Gasteiger partial charge on any atom is -0.386 e. The fourth-order valence-corrected chi connectivity index (χ4v) is 2.23. The number of carbonyl (C=O) groups is 1. The van der Waals surface area contributed by atoms with Crippen LogP contribution in [0.4, 0.5) is 0 Å². The van der Waals surface area contributed by atoms with Crippen LogP contribution in [0.5, 0.6) is 0 Å². The molecule has 1 aromatic carbocycles. The van der Waals surface area contributed by atoms with E-state index in [1.165, 1.54) is 6.20 Å². The highest BCUT2D eigenvalue weighted by Gasteiger charge is 2.18. The van der Waals surface area contributed by atoms with Crippen molar-refractivity contribution >= 4 is 20.9 Å². The van der Waals surface area contributed by atoms with E-state index in [0.717, 1.165) is 0 Å². The quantitative estimate of drug-likeness (QED) is 0.632. The molecule has 2 rings (SSSR count). The molecule has 0 amide bonds. The summed E-state index contributed by atoms with van der Waals surface area (Å²) in [5.74, 6) is -0.236. The van der Waals surface area contributed by atoms with Crippen molar-refractivity contribution in [1.82, 2.24) is 5.32 Å². The largest absolute Gasteiger partial charge is 0.386 e. The van der Waals surface area contributed by atoms with Crippen molar-refractivity contribution in [3.05, 3.63) is 47.2 Å². The number of allylic oxidation sites excluding steroid dienone is 1. The molecular formula is C13H10N2O3S. The number of nitrogens with one attached hydrogen (secondary N) is 1. The number of carbonyl (C=O) groups excluding carboxylic acids is 1. The van der Waals surface area contributed by atoms with E-state index in [1.54, 1.807) is 24.3 Å². The second-order valence-electron chi connectivity index (χ2n) is 4.02. The van der Waals surface area contributed by atoms with E-state index in [1.807, 2.05) is 6.07 Å². The van der Waals surface area contributed by atoms with Crippen LogP contribution in [0.25, 0.3) is 0 Å². The Morgan fingerprint density at radius 1 is 1.26 bits per heavy atom. The first-order valence-corrected chi connectivity index (χ1v) is 6.60. The standard InChI is InChI=1S/C13H10N2O3S/c14-6-9-1-3-10(4-2-9)13(16)11-5-12(19(17)18)8-15-7-11/h1-4,7,15H,5,8H2. The van der Waals surface area contributed by atoms with E-state index in [0.29, 0.717) is 16.7 Å². The number of benzene rings is 1. The topological polar surface area (TPSA) is 87.0 Å². The van der Waals surface area contributed by atoms with Gasteiger partial charge in [-0.25, -0.2) is 0 Å². The van der Waals surface area contributed by atoms with Gasteiger partial charge in [-0.1, -0.05) is 0 Å². The zero-order valence-electron chi connectivity index (χ0n) is 9.88. The van der Waals surface area contributed by atoms with Crippen LogP contribution >= 0.6 is 0 Å². The molecular weight excluding hydrogens is 264 g/mol. The maximum absolute atomic E-state index is 12.2. The monoisotopic (exact) mass is 274 g/mol. The number of hydrogen-bond donors (Lipinski definition) is 1. The van der Waals surface area contributed by atoms with Crippen molar-refractivity contribution in [3.8, 4) is 6.07 Å². The molecule has 0 saturated carbocycles. The van der Waals surface area contributed by atoms with Crippen molar-refractivity contribution in [3.63, 3.8) is 0 Å². The molecule has 1 aliphatic heterocycles. The minimum absolute atomic E-state index is 0.127. The van der Waals surface area contributed by atoms with Crippen molar-refractivity contribution in [1.29, 1.82) is 5.26 Å². The number of Topliss-reactive ketones (excluding diaryl/α,β-unsaturated/α-hetero) is 1. The number of nitrogens with zero attached hydrogens (tertiary/aromatic N) is 1. The number of rotatable bonds is 2. The van der Waals surface area contributed by atoms with Gasteiger partial charge < -0.3 is 5.32 Å². The summed E-state index contributed by atoms with van der Waals surface area (Å²) >= 11 is 0. The summed E-state index contributed by atoms with van der Waals surface area (Å²) in [5.41, 5.74) is 1.31. The molecule has 1 heterocycles. The van der Waals surface area contributed by atoms with Crippen LogP contribution in [0.15, 0.2) is 36.0 Å². The lowest BCUT2D eigenvalue weighted by atomic mass is 9.98. The van der Waals surface area contributed by atoms with Gasteiger partial charge in [-0.05, 0) is 24.3 Å². The van der Waals surface area contributed by atoms with Crippen LogP contribution in [0, 0.1) is 11.3 Å². The number of nitriles is 1. The summed E-state index contributed by atoms with van der Waals surface area (Å²) in [6.07, 6.45) is 1.67. The molecule has 0 fully saturated rings. The Labute approximate surface area is 111 Å². The van der Waals surface area contributed by atoms with Crippen LogP contribution < -0.4 is 5.32 Å². The first kappa shape index (κ1) is 13.1. The maximum Gasteiger partial charge on any atom is 0.215 e. The summed E-state index contributed by atoms with van der Waals surface area (Å²) in [6, 6.07) is 8.20. The molecule has 0 atom stereocenters.